The molecule has 0 saturated carbocycles. The molecule has 2 unspecified atom stereocenters. The number of pyridine rings is 1. The molecule has 0 bridgehead atoms. The van der Waals surface area contributed by atoms with Gasteiger partial charge >= 0.3 is 21.1 Å². The molecule has 0 aliphatic rings. The van der Waals surface area contributed by atoms with E-state index in [4.69, 9.17) is 9.84 Å². The van der Waals surface area contributed by atoms with Crippen LogP contribution >= 0.6 is 0 Å². The first-order valence-corrected chi connectivity index (χ1v) is 18.2. The molecule has 52 heavy (non-hydrogen) atoms. The molecule has 0 amide bonds. The molecule has 2 atom stereocenters. The summed E-state index contributed by atoms with van der Waals surface area (Å²) in [5, 5.41) is 6.89. The van der Waals surface area contributed by atoms with Crippen LogP contribution in [-0.4, -0.2) is 19.3 Å². The summed E-state index contributed by atoms with van der Waals surface area (Å²) in [5.41, 5.74) is 12.0. The van der Waals surface area contributed by atoms with Crippen molar-refractivity contribution < 1.29 is 30.2 Å². The maximum Gasteiger partial charge on any atom is 2.00 e. The van der Waals surface area contributed by atoms with Gasteiger partial charge in [-0.15, -0.1) is 35.7 Å². The van der Waals surface area contributed by atoms with Crippen molar-refractivity contribution in [3.8, 4) is 34.1 Å². The third kappa shape index (κ3) is 6.86. The summed E-state index contributed by atoms with van der Waals surface area (Å²) in [5.74, 6) is 2.07. The minimum absolute atomic E-state index is 0. The summed E-state index contributed by atoms with van der Waals surface area (Å²) in [6.07, 6.45) is 10.2. The van der Waals surface area contributed by atoms with E-state index in [0.29, 0.717) is 29.2 Å². The second kappa shape index (κ2) is 15.6. The fraction of sp³-hybridized carbons (Fsp3) is 0.289. The number of halogens is 1. The van der Waals surface area contributed by atoms with Gasteiger partial charge in [0.2, 0.25) is 0 Å². The average Bonchev–Trinajstić information content (AvgIpc) is 3.74. The van der Waals surface area contributed by atoms with Crippen LogP contribution in [0.5, 0.6) is 11.5 Å². The summed E-state index contributed by atoms with van der Waals surface area (Å²) in [6.45, 7) is 16.2. The molecule has 7 aromatic rings. The van der Waals surface area contributed by atoms with Crippen LogP contribution in [0.2, 0.25) is 0 Å². The minimum Gasteiger partial charge on any atom is -0.509 e. The molecule has 3 aromatic heterocycles. The van der Waals surface area contributed by atoms with Gasteiger partial charge in [-0.3, -0.25) is 4.68 Å². The molecule has 0 aliphatic heterocycles. The van der Waals surface area contributed by atoms with Gasteiger partial charge in [0.15, 0.2) is 0 Å². The summed E-state index contributed by atoms with van der Waals surface area (Å²) in [4.78, 5) is 4.47. The van der Waals surface area contributed by atoms with Crippen molar-refractivity contribution in [1.82, 2.24) is 19.3 Å². The van der Waals surface area contributed by atoms with Gasteiger partial charge in [0.1, 0.15) is 11.6 Å². The molecule has 4 aromatic carbocycles. The standard InChI is InChI=1S/C45H45FN4O.Pt/c1-8-13-28(3)43-31(6)30(5)32(7)44(29(4)14-9-2)45(43)33-26-48-49(27-33)35-15-12-16-36(24-35)51-37-19-20-39-38-17-10-11-18-40(38)50(41(39)25-37)42-23-34(46)21-22-47-42;/h10-12,15-23,26-29H,8-9,13-14H2,1-7H3;/q-2;+2. The Morgan fingerprint density at radius 1 is 0.788 bits per heavy atom. The first-order chi connectivity index (χ1) is 24.7. The van der Waals surface area contributed by atoms with Crippen LogP contribution in [0.3, 0.4) is 0 Å². The fourth-order valence-corrected chi connectivity index (χ4v) is 7.92. The average molecular weight is 872 g/mol. The summed E-state index contributed by atoms with van der Waals surface area (Å²) >= 11 is 0. The monoisotopic (exact) mass is 871 g/mol. The van der Waals surface area contributed by atoms with E-state index in [9.17, 15) is 4.39 Å². The first kappa shape index (κ1) is 37.2. The number of rotatable bonds is 11. The van der Waals surface area contributed by atoms with Gasteiger partial charge in [0.05, 0.1) is 6.20 Å². The van der Waals surface area contributed by atoms with Crippen LogP contribution in [0.4, 0.5) is 4.39 Å². The van der Waals surface area contributed by atoms with E-state index in [0.717, 1.165) is 58.7 Å². The third-order valence-corrected chi connectivity index (χ3v) is 10.5. The maximum atomic E-state index is 14.3. The van der Waals surface area contributed by atoms with Gasteiger partial charge in [-0.25, -0.2) is 9.37 Å². The SMILES string of the molecule is CCCC(C)c1c(C)c(C)c(C)c(C(C)CCC)c1-c1cnn(-c2[c-]c(Oc3[c-]c4c(cc3)c3ccccc3n4-c3cc(F)ccn3)ccc2)c1.[Pt+2]. The molecule has 7 heteroatoms. The third-order valence-electron chi connectivity index (χ3n) is 10.5. The second-order valence-corrected chi connectivity index (χ2v) is 13.9. The molecule has 0 fully saturated rings. The number of nitrogens with zero attached hydrogens (tertiary/aromatic N) is 4. The van der Waals surface area contributed by atoms with Gasteiger partial charge in [0.25, 0.3) is 0 Å². The van der Waals surface area contributed by atoms with Gasteiger partial charge < -0.3 is 9.30 Å². The molecule has 5 nitrogen and oxygen atoms in total. The zero-order valence-corrected chi connectivity index (χ0v) is 33.2. The zero-order valence-electron chi connectivity index (χ0n) is 31.0. The molecule has 0 spiro atoms. The van der Waals surface area contributed by atoms with Crippen molar-refractivity contribution in [2.75, 3.05) is 0 Å². The predicted molar refractivity (Wildman–Crippen MR) is 206 cm³/mol. The van der Waals surface area contributed by atoms with E-state index in [-0.39, 0.29) is 26.9 Å². The Labute approximate surface area is 321 Å². The summed E-state index contributed by atoms with van der Waals surface area (Å²) in [6, 6.07) is 27.5. The predicted octanol–water partition coefficient (Wildman–Crippen LogP) is 12.3. The molecule has 0 N–H and O–H groups in total. The van der Waals surface area contributed by atoms with E-state index >= 15 is 0 Å². The first-order valence-electron chi connectivity index (χ1n) is 18.2. The van der Waals surface area contributed by atoms with Crippen LogP contribution in [0.1, 0.15) is 93.0 Å². The summed E-state index contributed by atoms with van der Waals surface area (Å²) < 4.78 is 24.5. The Morgan fingerprint density at radius 3 is 2.17 bits per heavy atom. The van der Waals surface area contributed by atoms with Crippen LogP contribution in [0.15, 0.2) is 85.3 Å². The normalized spacial score (nSPS) is 12.6. The molecule has 268 valence electrons. The Kier molecular flexibility index (Phi) is 11.2. The van der Waals surface area contributed by atoms with Crippen LogP contribution < -0.4 is 4.74 Å². The topological polar surface area (TPSA) is 44.9 Å². The molecule has 7 rings (SSSR count). The Hall–Kier alpha value is -4.54. The smallest absolute Gasteiger partial charge is 0.509 e. The zero-order chi connectivity index (χ0) is 35.8. The van der Waals surface area contributed by atoms with Crippen molar-refractivity contribution >= 4 is 21.8 Å². The van der Waals surface area contributed by atoms with E-state index in [1.54, 1.807) is 0 Å². The van der Waals surface area contributed by atoms with Crippen LogP contribution in [0.25, 0.3) is 44.4 Å². The number of fused-ring (bicyclic) bond motifs is 3. The number of hydrogen-bond donors (Lipinski definition) is 0. The van der Waals surface area contributed by atoms with E-state index in [2.05, 4.69) is 77.8 Å². The van der Waals surface area contributed by atoms with Crippen molar-refractivity contribution in [2.45, 2.75) is 86.0 Å². The molecule has 0 radical (unpaired) electrons. The number of benzene rings is 4. The maximum absolute atomic E-state index is 14.3. The fourth-order valence-electron chi connectivity index (χ4n) is 7.92. The largest absolute Gasteiger partial charge is 2.00 e. The van der Waals surface area contributed by atoms with Crippen molar-refractivity contribution in [2.24, 2.45) is 0 Å². The van der Waals surface area contributed by atoms with Crippen molar-refractivity contribution in [3.05, 3.63) is 131 Å². The quantitative estimate of drug-likeness (QED) is 0.122. The van der Waals surface area contributed by atoms with Gasteiger partial charge in [-0.05, 0) is 102 Å². The van der Waals surface area contributed by atoms with Crippen LogP contribution in [-0.2, 0) is 21.1 Å². The number of aromatic nitrogens is 4. The Bertz CT molecular complexity index is 2330. The van der Waals surface area contributed by atoms with Crippen molar-refractivity contribution in [3.63, 3.8) is 0 Å². The van der Waals surface area contributed by atoms with E-state index < -0.39 is 0 Å². The van der Waals surface area contributed by atoms with E-state index in [1.807, 2.05) is 64.0 Å². The number of para-hydroxylation sites is 1. The molecule has 3 heterocycles. The van der Waals surface area contributed by atoms with Crippen LogP contribution in [0, 0.1) is 38.7 Å². The molecular weight excluding hydrogens is 827 g/mol. The van der Waals surface area contributed by atoms with Crippen molar-refractivity contribution in [1.29, 1.82) is 0 Å². The Balaban J connectivity index is 0.00000464. The second-order valence-electron chi connectivity index (χ2n) is 13.9. The van der Waals surface area contributed by atoms with Gasteiger partial charge in [0, 0.05) is 41.0 Å². The van der Waals surface area contributed by atoms with Gasteiger partial charge in [-0.2, -0.15) is 17.2 Å². The molecular formula is C45H45FN4OPt. The number of ether oxygens (including phenoxy) is 1. The number of hydrogen-bond acceptors (Lipinski definition) is 3. The van der Waals surface area contributed by atoms with Gasteiger partial charge in [-0.1, -0.05) is 64.3 Å². The summed E-state index contributed by atoms with van der Waals surface area (Å²) in [7, 11) is 0. The Morgan fingerprint density at radius 2 is 1.48 bits per heavy atom. The minimum atomic E-state index is -0.349. The molecule has 0 saturated heterocycles. The molecule has 0 aliphatic carbocycles. The van der Waals surface area contributed by atoms with E-state index in [1.165, 1.54) is 51.7 Å².